The summed E-state index contributed by atoms with van der Waals surface area (Å²) in [6.07, 6.45) is 2.72. The number of hydrogen-bond donors (Lipinski definition) is 0. The Morgan fingerprint density at radius 2 is 1.74 bits per heavy atom. The molecular weight excluding hydrogens is 442 g/mol. The summed E-state index contributed by atoms with van der Waals surface area (Å²) < 4.78 is 11.2. The van der Waals surface area contributed by atoms with Gasteiger partial charge in [0.1, 0.15) is 11.3 Å². The highest BCUT2D eigenvalue weighted by Gasteiger charge is 2.21. The number of ether oxygens (including phenoxy) is 1. The van der Waals surface area contributed by atoms with Gasteiger partial charge in [0, 0.05) is 68.6 Å². The van der Waals surface area contributed by atoms with E-state index in [9.17, 15) is 9.59 Å². The third-order valence-electron chi connectivity index (χ3n) is 6.30. The molecule has 0 aliphatic carbocycles. The molecule has 0 bridgehead atoms. The molecule has 3 heterocycles. The first kappa shape index (κ1) is 22.8. The highest BCUT2D eigenvalue weighted by Crippen LogP contribution is 2.29. The second-order valence-electron chi connectivity index (χ2n) is 8.59. The zero-order valence-corrected chi connectivity index (χ0v) is 19.4. The molecule has 35 heavy (non-hydrogen) atoms. The lowest BCUT2D eigenvalue weighted by molar-refractivity contribution is -0.135. The lowest BCUT2D eigenvalue weighted by atomic mass is 10.0. The number of carbonyl (C=O) groups is 1. The average Bonchev–Trinajstić information content (AvgIpc) is 2.91. The number of pyridine rings is 1. The van der Waals surface area contributed by atoms with Crippen LogP contribution in [0.4, 0.5) is 0 Å². The number of hydrogen-bond acceptors (Lipinski definition) is 6. The fourth-order valence-electron chi connectivity index (χ4n) is 4.37. The van der Waals surface area contributed by atoms with Gasteiger partial charge in [0.25, 0.3) is 5.91 Å². The number of carbonyl (C=O) groups excluding carboxylic acids is 1. The molecule has 1 amide bonds. The minimum Gasteiger partial charge on any atom is -0.484 e. The highest BCUT2D eigenvalue weighted by atomic mass is 16.5. The molecule has 0 spiro atoms. The van der Waals surface area contributed by atoms with Gasteiger partial charge in [-0.1, -0.05) is 36.4 Å². The number of amides is 1. The van der Waals surface area contributed by atoms with Crippen molar-refractivity contribution in [2.75, 3.05) is 39.3 Å². The van der Waals surface area contributed by atoms with Crippen LogP contribution in [0.15, 0.2) is 88.2 Å². The third kappa shape index (κ3) is 5.58. The van der Waals surface area contributed by atoms with E-state index in [2.05, 4.69) is 9.88 Å². The fourth-order valence-corrected chi connectivity index (χ4v) is 4.37. The fraction of sp³-hybridized carbons (Fsp3) is 0.250. The van der Waals surface area contributed by atoms with Crippen LogP contribution in [0.5, 0.6) is 5.75 Å². The van der Waals surface area contributed by atoms with Crippen LogP contribution in [-0.2, 0) is 11.2 Å². The van der Waals surface area contributed by atoms with Gasteiger partial charge in [-0.3, -0.25) is 14.7 Å². The number of aromatic nitrogens is 1. The smallest absolute Gasteiger partial charge is 0.336 e. The Bertz CT molecular complexity index is 1350. The van der Waals surface area contributed by atoms with E-state index in [-0.39, 0.29) is 12.5 Å². The van der Waals surface area contributed by atoms with E-state index in [1.807, 2.05) is 65.7 Å². The molecule has 4 aromatic rings. The summed E-state index contributed by atoms with van der Waals surface area (Å²) in [5, 5.41) is 0.816. The molecule has 1 aliphatic rings. The average molecular weight is 470 g/mol. The van der Waals surface area contributed by atoms with Crippen LogP contribution in [0.2, 0.25) is 0 Å². The zero-order valence-electron chi connectivity index (χ0n) is 19.4. The maximum absolute atomic E-state index is 12.7. The van der Waals surface area contributed by atoms with Gasteiger partial charge in [-0.15, -0.1) is 0 Å². The van der Waals surface area contributed by atoms with E-state index in [0.717, 1.165) is 48.3 Å². The predicted octanol–water partition coefficient (Wildman–Crippen LogP) is 3.62. The topological polar surface area (TPSA) is 75.9 Å². The first-order valence-corrected chi connectivity index (χ1v) is 11.8. The quantitative estimate of drug-likeness (QED) is 0.385. The summed E-state index contributed by atoms with van der Waals surface area (Å²) in [6, 6.07) is 22.5. The summed E-state index contributed by atoms with van der Waals surface area (Å²) in [5.41, 5.74) is 2.84. The second kappa shape index (κ2) is 10.5. The Labute approximate surface area is 203 Å². The van der Waals surface area contributed by atoms with E-state index < -0.39 is 5.63 Å². The lowest BCUT2D eigenvalue weighted by Gasteiger charge is -2.34. The van der Waals surface area contributed by atoms with E-state index in [4.69, 9.17) is 9.15 Å². The number of benzene rings is 2. The number of fused-ring (bicyclic) bond motifs is 1. The molecule has 7 heteroatoms. The predicted molar refractivity (Wildman–Crippen MR) is 134 cm³/mol. The van der Waals surface area contributed by atoms with Crippen molar-refractivity contribution < 1.29 is 13.9 Å². The molecule has 2 aromatic heterocycles. The Kier molecular flexibility index (Phi) is 6.86. The summed E-state index contributed by atoms with van der Waals surface area (Å²) in [6.45, 7) is 3.91. The van der Waals surface area contributed by atoms with E-state index in [1.54, 1.807) is 12.1 Å². The standard InChI is InChI=1S/C28H27N3O4/c32-27(31-16-14-30(15-17-31)13-11-22-8-4-5-12-29-22)20-34-23-9-10-24-25(21-6-2-1-3-7-21)19-28(33)35-26(24)18-23/h1-10,12,18-19H,11,13-17,20H2. The Hall–Kier alpha value is -3.97. The molecule has 5 rings (SSSR count). The van der Waals surface area contributed by atoms with Gasteiger partial charge in [0.15, 0.2) is 6.61 Å². The van der Waals surface area contributed by atoms with E-state index in [0.29, 0.717) is 24.4 Å². The van der Waals surface area contributed by atoms with Crippen LogP contribution in [0, 0.1) is 0 Å². The molecule has 2 aromatic carbocycles. The molecule has 0 atom stereocenters. The van der Waals surface area contributed by atoms with Crippen molar-refractivity contribution in [2.24, 2.45) is 0 Å². The van der Waals surface area contributed by atoms with Gasteiger partial charge in [0.2, 0.25) is 0 Å². The Morgan fingerprint density at radius 3 is 2.51 bits per heavy atom. The van der Waals surface area contributed by atoms with Crippen molar-refractivity contribution >= 4 is 16.9 Å². The molecule has 0 unspecified atom stereocenters. The van der Waals surface area contributed by atoms with Crippen molar-refractivity contribution in [3.63, 3.8) is 0 Å². The van der Waals surface area contributed by atoms with Crippen LogP contribution in [0.25, 0.3) is 22.1 Å². The molecule has 1 aliphatic heterocycles. The lowest BCUT2D eigenvalue weighted by Crippen LogP contribution is -2.50. The van der Waals surface area contributed by atoms with Crippen molar-refractivity contribution in [3.8, 4) is 16.9 Å². The van der Waals surface area contributed by atoms with Gasteiger partial charge in [-0.25, -0.2) is 4.79 Å². The van der Waals surface area contributed by atoms with Crippen molar-refractivity contribution in [1.29, 1.82) is 0 Å². The third-order valence-corrected chi connectivity index (χ3v) is 6.30. The van der Waals surface area contributed by atoms with Crippen LogP contribution in [-0.4, -0.2) is 60.0 Å². The molecule has 1 fully saturated rings. The molecule has 1 saturated heterocycles. The summed E-state index contributed by atoms with van der Waals surface area (Å²) in [7, 11) is 0. The molecule has 0 saturated carbocycles. The first-order valence-electron chi connectivity index (χ1n) is 11.8. The highest BCUT2D eigenvalue weighted by molar-refractivity contribution is 5.93. The minimum absolute atomic E-state index is 0.0473. The second-order valence-corrected chi connectivity index (χ2v) is 8.59. The molecule has 7 nitrogen and oxygen atoms in total. The summed E-state index contributed by atoms with van der Waals surface area (Å²) >= 11 is 0. The normalized spacial score (nSPS) is 14.2. The van der Waals surface area contributed by atoms with Crippen LogP contribution in [0.3, 0.4) is 0 Å². The first-order chi connectivity index (χ1) is 17.2. The molecule has 178 valence electrons. The largest absolute Gasteiger partial charge is 0.484 e. The summed E-state index contributed by atoms with van der Waals surface area (Å²) in [4.78, 5) is 33.4. The van der Waals surface area contributed by atoms with Gasteiger partial charge in [-0.2, -0.15) is 0 Å². The molecule has 0 radical (unpaired) electrons. The van der Waals surface area contributed by atoms with Crippen LogP contribution in [0.1, 0.15) is 5.69 Å². The number of nitrogens with zero attached hydrogens (tertiary/aromatic N) is 3. The van der Waals surface area contributed by atoms with Gasteiger partial charge >= 0.3 is 5.63 Å². The van der Waals surface area contributed by atoms with E-state index in [1.165, 1.54) is 6.07 Å². The van der Waals surface area contributed by atoms with Gasteiger partial charge in [-0.05, 0) is 35.4 Å². The monoisotopic (exact) mass is 469 g/mol. The maximum atomic E-state index is 12.7. The Balaban J connectivity index is 1.17. The SMILES string of the molecule is O=C(COc1ccc2c(-c3ccccc3)cc(=O)oc2c1)N1CCN(CCc2ccccn2)CC1. The van der Waals surface area contributed by atoms with Crippen molar-refractivity contribution in [3.05, 3.63) is 95.1 Å². The summed E-state index contributed by atoms with van der Waals surface area (Å²) in [5.74, 6) is 0.446. The zero-order chi connectivity index (χ0) is 24.0. The minimum atomic E-state index is -0.425. The Morgan fingerprint density at radius 1 is 0.943 bits per heavy atom. The van der Waals surface area contributed by atoms with Crippen molar-refractivity contribution in [2.45, 2.75) is 6.42 Å². The van der Waals surface area contributed by atoms with E-state index >= 15 is 0 Å². The van der Waals surface area contributed by atoms with Crippen molar-refractivity contribution in [1.82, 2.24) is 14.8 Å². The van der Waals surface area contributed by atoms with Gasteiger partial charge < -0.3 is 14.1 Å². The van der Waals surface area contributed by atoms with Crippen LogP contribution < -0.4 is 10.4 Å². The maximum Gasteiger partial charge on any atom is 0.336 e. The molecule has 0 N–H and O–H groups in total. The number of rotatable bonds is 7. The number of piperazine rings is 1. The van der Waals surface area contributed by atoms with Gasteiger partial charge in [0.05, 0.1) is 0 Å². The van der Waals surface area contributed by atoms with Crippen LogP contribution >= 0.6 is 0 Å². The molecular formula is C28H27N3O4.